The average Bonchev–Trinajstić information content (AvgIpc) is 2.25. The van der Waals surface area contributed by atoms with Gasteiger partial charge in [-0.3, -0.25) is 0 Å². The summed E-state index contributed by atoms with van der Waals surface area (Å²) < 4.78 is 11.1. The largest absolute Gasteiger partial charge is 0.386 e. The average molecular weight is 170 g/mol. The van der Waals surface area contributed by atoms with Crippen LogP contribution in [-0.2, 0) is 9.47 Å². The first-order chi connectivity index (χ1) is 5.58. The van der Waals surface area contributed by atoms with Crippen LogP contribution in [0.2, 0.25) is 0 Å². The van der Waals surface area contributed by atoms with Crippen LogP contribution in [0.1, 0.15) is 20.3 Å². The van der Waals surface area contributed by atoms with Crippen molar-refractivity contribution >= 4 is 0 Å². The Balaban J connectivity index is 2.15. The second-order valence-corrected chi connectivity index (χ2v) is 3.79. The lowest BCUT2D eigenvalue weighted by atomic mass is 9.99. The first-order valence-electron chi connectivity index (χ1n) is 4.29. The molecule has 12 heavy (non-hydrogen) atoms. The molecule has 0 aromatic rings. The topological polar surface area (TPSA) is 38.7 Å². The molecule has 0 aromatic heterocycles. The molecule has 1 fully saturated rings. The lowest BCUT2D eigenvalue weighted by Crippen LogP contribution is -2.36. The van der Waals surface area contributed by atoms with Gasteiger partial charge in [0.2, 0.25) is 0 Å². The first kappa shape index (κ1) is 8.23. The minimum absolute atomic E-state index is 0.0278. The van der Waals surface area contributed by atoms with E-state index in [4.69, 9.17) is 9.47 Å². The van der Waals surface area contributed by atoms with Crippen LogP contribution in [0.5, 0.6) is 0 Å². The van der Waals surface area contributed by atoms with Crippen molar-refractivity contribution in [1.82, 2.24) is 0 Å². The molecular weight excluding hydrogens is 156 g/mol. The molecule has 0 unspecified atom stereocenters. The lowest BCUT2D eigenvalue weighted by molar-refractivity contribution is -0.151. The summed E-state index contributed by atoms with van der Waals surface area (Å²) >= 11 is 0. The number of aliphatic hydroxyl groups excluding tert-OH is 1. The van der Waals surface area contributed by atoms with Crippen LogP contribution in [0.15, 0.2) is 12.2 Å². The molecule has 2 aliphatic rings. The Morgan fingerprint density at radius 2 is 2.17 bits per heavy atom. The molecule has 3 nitrogen and oxygen atoms in total. The molecule has 0 saturated carbocycles. The summed E-state index contributed by atoms with van der Waals surface area (Å²) in [5, 5.41) is 9.52. The Morgan fingerprint density at radius 1 is 1.42 bits per heavy atom. The summed E-state index contributed by atoms with van der Waals surface area (Å²) in [5.74, 6) is -0.539. The Hall–Kier alpha value is -0.380. The fraction of sp³-hybridized carbons (Fsp3) is 0.778. The van der Waals surface area contributed by atoms with Gasteiger partial charge in [0.25, 0.3) is 0 Å². The second-order valence-electron chi connectivity index (χ2n) is 3.79. The van der Waals surface area contributed by atoms with Gasteiger partial charge in [0.05, 0.1) is 6.10 Å². The molecule has 0 aromatic carbocycles. The van der Waals surface area contributed by atoms with Crippen molar-refractivity contribution in [3.63, 3.8) is 0 Å². The zero-order valence-corrected chi connectivity index (χ0v) is 7.36. The monoisotopic (exact) mass is 170 g/mol. The molecule has 1 aliphatic carbocycles. The van der Waals surface area contributed by atoms with E-state index < -0.39 is 11.9 Å². The van der Waals surface area contributed by atoms with Gasteiger partial charge < -0.3 is 14.6 Å². The fourth-order valence-electron chi connectivity index (χ4n) is 1.80. The standard InChI is InChI=1S/C9H14O3/c1-9(2)11-7-5-3-4-6(10)8(7)12-9/h3-4,6-8,10H,5H2,1-2H3/t6-,7+,8-/m0/s1. The molecule has 0 amide bonds. The highest BCUT2D eigenvalue weighted by Gasteiger charge is 2.44. The van der Waals surface area contributed by atoms with Crippen LogP contribution in [0.25, 0.3) is 0 Å². The minimum atomic E-state index is -0.539. The highest BCUT2D eigenvalue weighted by molar-refractivity contribution is 5.05. The summed E-state index contributed by atoms with van der Waals surface area (Å²) in [4.78, 5) is 0. The van der Waals surface area contributed by atoms with Gasteiger partial charge in [0.15, 0.2) is 5.79 Å². The Morgan fingerprint density at radius 3 is 2.83 bits per heavy atom. The molecule has 3 atom stereocenters. The molecule has 68 valence electrons. The SMILES string of the molecule is CC1(C)O[C@H]2[C@@H](O)C=CC[C@H]2O1. The Kier molecular flexibility index (Phi) is 1.75. The quantitative estimate of drug-likeness (QED) is 0.547. The molecule has 2 rings (SSSR count). The summed E-state index contributed by atoms with van der Waals surface area (Å²) in [6.07, 6.45) is 3.89. The molecule has 3 heteroatoms. The number of ether oxygens (including phenoxy) is 2. The van der Waals surface area contributed by atoms with Crippen molar-refractivity contribution in [3.05, 3.63) is 12.2 Å². The maximum absolute atomic E-state index is 9.52. The van der Waals surface area contributed by atoms with Crippen molar-refractivity contribution in [3.8, 4) is 0 Å². The number of hydrogen-bond acceptors (Lipinski definition) is 3. The number of aliphatic hydroxyl groups is 1. The van der Waals surface area contributed by atoms with Crippen molar-refractivity contribution in [2.75, 3.05) is 0 Å². The van der Waals surface area contributed by atoms with Gasteiger partial charge in [0.1, 0.15) is 12.2 Å². The molecule has 1 heterocycles. The van der Waals surface area contributed by atoms with Gasteiger partial charge in [0, 0.05) is 0 Å². The van der Waals surface area contributed by atoms with Crippen molar-refractivity contribution < 1.29 is 14.6 Å². The lowest BCUT2D eigenvalue weighted by Gasteiger charge is -2.22. The highest BCUT2D eigenvalue weighted by atomic mass is 16.8. The third-order valence-corrected chi connectivity index (χ3v) is 2.26. The zero-order chi connectivity index (χ0) is 8.77. The first-order valence-corrected chi connectivity index (χ1v) is 4.29. The van der Waals surface area contributed by atoms with E-state index >= 15 is 0 Å². The van der Waals surface area contributed by atoms with Crippen LogP contribution >= 0.6 is 0 Å². The molecule has 1 saturated heterocycles. The van der Waals surface area contributed by atoms with Crippen LogP contribution in [0, 0.1) is 0 Å². The van der Waals surface area contributed by atoms with E-state index in [1.165, 1.54) is 0 Å². The Labute approximate surface area is 72.0 Å². The van der Waals surface area contributed by atoms with E-state index in [2.05, 4.69) is 0 Å². The van der Waals surface area contributed by atoms with Gasteiger partial charge in [-0.15, -0.1) is 0 Å². The van der Waals surface area contributed by atoms with Gasteiger partial charge >= 0.3 is 0 Å². The minimum Gasteiger partial charge on any atom is -0.386 e. The number of rotatable bonds is 0. The molecular formula is C9H14O3. The van der Waals surface area contributed by atoms with E-state index in [0.717, 1.165) is 6.42 Å². The second kappa shape index (κ2) is 2.55. The van der Waals surface area contributed by atoms with Crippen LogP contribution in [0.3, 0.4) is 0 Å². The maximum Gasteiger partial charge on any atom is 0.163 e. The van der Waals surface area contributed by atoms with Gasteiger partial charge in [-0.2, -0.15) is 0 Å². The van der Waals surface area contributed by atoms with Crippen molar-refractivity contribution in [2.24, 2.45) is 0 Å². The third kappa shape index (κ3) is 1.28. The summed E-state index contributed by atoms with van der Waals surface area (Å²) in [5.41, 5.74) is 0. The third-order valence-electron chi connectivity index (χ3n) is 2.26. The van der Waals surface area contributed by atoms with Gasteiger partial charge in [-0.1, -0.05) is 12.2 Å². The van der Waals surface area contributed by atoms with Gasteiger partial charge in [-0.05, 0) is 20.3 Å². The van der Waals surface area contributed by atoms with Crippen molar-refractivity contribution in [1.29, 1.82) is 0 Å². The number of fused-ring (bicyclic) bond motifs is 1. The molecule has 1 aliphatic heterocycles. The fourth-order valence-corrected chi connectivity index (χ4v) is 1.80. The highest BCUT2D eigenvalue weighted by Crippen LogP contribution is 2.34. The molecule has 1 N–H and O–H groups in total. The van der Waals surface area contributed by atoms with Gasteiger partial charge in [-0.25, -0.2) is 0 Å². The summed E-state index contributed by atoms with van der Waals surface area (Å²) in [6.45, 7) is 3.75. The normalized spacial score (nSPS) is 44.4. The molecule has 0 radical (unpaired) electrons. The van der Waals surface area contributed by atoms with Crippen LogP contribution in [0.4, 0.5) is 0 Å². The van der Waals surface area contributed by atoms with E-state index in [1.54, 1.807) is 6.08 Å². The van der Waals surface area contributed by atoms with E-state index in [0.29, 0.717) is 0 Å². The maximum atomic E-state index is 9.52. The van der Waals surface area contributed by atoms with Crippen molar-refractivity contribution in [2.45, 2.75) is 44.4 Å². The zero-order valence-electron chi connectivity index (χ0n) is 7.36. The van der Waals surface area contributed by atoms with Crippen LogP contribution < -0.4 is 0 Å². The smallest absolute Gasteiger partial charge is 0.163 e. The molecule has 0 bridgehead atoms. The van der Waals surface area contributed by atoms with E-state index in [-0.39, 0.29) is 12.2 Å². The number of hydrogen-bond donors (Lipinski definition) is 1. The summed E-state index contributed by atoms with van der Waals surface area (Å²) in [6, 6.07) is 0. The van der Waals surface area contributed by atoms with E-state index in [1.807, 2.05) is 19.9 Å². The summed E-state index contributed by atoms with van der Waals surface area (Å²) in [7, 11) is 0. The Bertz CT molecular complexity index is 210. The van der Waals surface area contributed by atoms with Crippen LogP contribution in [-0.4, -0.2) is 29.2 Å². The molecule has 0 spiro atoms. The van der Waals surface area contributed by atoms with E-state index in [9.17, 15) is 5.11 Å². The predicted octanol–water partition coefficient (Wildman–Crippen LogP) is 0.827. The predicted molar refractivity (Wildman–Crippen MR) is 43.6 cm³/mol.